The summed E-state index contributed by atoms with van der Waals surface area (Å²) < 4.78 is 5.23. The van der Waals surface area contributed by atoms with Crippen LogP contribution in [-0.2, 0) is 9.53 Å². The van der Waals surface area contributed by atoms with Crippen LogP contribution in [0.25, 0.3) is 0 Å². The molecule has 2 amide bonds. The number of benzene rings is 1. The third-order valence-electron chi connectivity index (χ3n) is 3.33. The maximum absolute atomic E-state index is 12.0. The Balaban J connectivity index is 2.16. The van der Waals surface area contributed by atoms with Crippen molar-refractivity contribution in [2.45, 2.75) is 24.8 Å². The van der Waals surface area contributed by atoms with E-state index in [0.29, 0.717) is 24.3 Å². The standard InChI is InChI=1S/C15H18N2O4S/c1-9(18)13-5-4-11(6-14(13)22-3)17-8-12(21-15(17)20)7-16-10(2)19/h4-6,12H,7-8H2,1-3H3,(H,16,19). The second kappa shape index (κ2) is 6.83. The number of rotatable bonds is 5. The quantitative estimate of drug-likeness (QED) is 0.663. The molecule has 0 radical (unpaired) electrons. The lowest BCUT2D eigenvalue weighted by atomic mass is 10.1. The van der Waals surface area contributed by atoms with Crippen LogP contribution in [-0.4, -0.2) is 43.2 Å². The summed E-state index contributed by atoms with van der Waals surface area (Å²) in [5, 5.41) is 2.64. The highest BCUT2D eigenvalue weighted by Crippen LogP contribution is 2.29. The molecule has 1 aliphatic heterocycles. The number of cyclic esters (lactones) is 1. The molecule has 0 spiro atoms. The van der Waals surface area contributed by atoms with Crippen LogP contribution in [0.15, 0.2) is 23.1 Å². The van der Waals surface area contributed by atoms with E-state index in [1.54, 1.807) is 12.1 Å². The first kappa shape index (κ1) is 16.4. The van der Waals surface area contributed by atoms with Crippen LogP contribution >= 0.6 is 11.8 Å². The van der Waals surface area contributed by atoms with Crippen molar-refractivity contribution in [3.05, 3.63) is 23.8 Å². The zero-order valence-electron chi connectivity index (χ0n) is 12.7. The van der Waals surface area contributed by atoms with Gasteiger partial charge in [-0.05, 0) is 31.4 Å². The number of Topliss-reactive ketones (excluding diaryl/α,β-unsaturated/α-hetero) is 1. The van der Waals surface area contributed by atoms with Gasteiger partial charge in [0.15, 0.2) is 5.78 Å². The number of carbonyl (C=O) groups is 3. The fourth-order valence-corrected chi connectivity index (χ4v) is 2.91. The highest BCUT2D eigenvalue weighted by Gasteiger charge is 2.32. The maximum Gasteiger partial charge on any atom is 0.414 e. The fraction of sp³-hybridized carbons (Fsp3) is 0.400. The van der Waals surface area contributed by atoms with Gasteiger partial charge in [-0.25, -0.2) is 4.79 Å². The van der Waals surface area contributed by atoms with Crippen LogP contribution in [0, 0.1) is 0 Å². The lowest BCUT2D eigenvalue weighted by Gasteiger charge is -2.15. The Hall–Kier alpha value is -2.02. The molecule has 1 heterocycles. The van der Waals surface area contributed by atoms with Gasteiger partial charge in [-0.2, -0.15) is 0 Å². The molecule has 1 saturated heterocycles. The molecule has 0 aliphatic carbocycles. The van der Waals surface area contributed by atoms with Gasteiger partial charge in [0.05, 0.1) is 13.1 Å². The average Bonchev–Trinajstić information content (AvgIpc) is 2.85. The van der Waals surface area contributed by atoms with Crippen molar-refractivity contribution in [3.63, 3.8) is 0 Å². The van der Waals surface area contributed by atoms with Crippen molar-refractivity contribution in [1.82, 2.24) is 5.32 Å². The number of carbonyl (C=O) groups excluding carboxylic acids is 3. The van der Waals surface area contributed by atoms with E-state index in [0.717, 1.165) is 4.90 Å². The summed E-state index contributed by atoms with van der Waals surface area (Å²) in [6.45, 7) is 3.59. The van der Waals surface area contributed by atoms with Crippen molar-refractivity contribution < 1.29 is 19.1 Å². The normalized spacial score (nSPS) is 17.3. The minimum absolute atomic E-state index is 0.0107. The SMILES string of the molecule is CSc1cc(N2CC(CNC(C)=O)OC2=O)ccc1C(C)=O. The Morgan fingerprint density at radius 1 is 1.41 bits per heavy atom. The summed E-state index contributed by atoms with van der Waals surface area (Å²) in [6.07, 6.45) is 1.06. The molecule has 2 rings (SSSR count). The van der Waals surface area contributed by atoms with Crippen LogP contribution in [0.4, 0.5) is 10.5 Å². The summed E-state index contributed by atoms with van der Waals surface area (Å²) in [6, 6.07) is 5.26. The number of thioether (sulfide) groups is 1. The highest BCUT2D eigenvalue weighted by atomic mass is 32.2. The Morgan fingerprint density at radius 2 is 2.14 bits per heavy atom. The topological polar surface area (TPSA) is 75.7 Å². The smallest absolute Gasteiger partial charge is 0.414 e. The predicted octanol–water partition coefficient (Wildman–Crippen LogP) is 2.07. The first-order valence-corrected chi connectivity index (χ1v) is 8.06. The van der Waals surface area contributed by atoms with Crippen molar-refractivity contribution in [1.29, 1.82) is 0 Å². The van der Waals surface area contributed by atoms with E-state index in [1.807, 2.05) is 12.3 Å². The molecule has 1 atom stereocenters. The third kappa shape index (κ3) is 3.59. The van der Waals surface area contributed by atoms with Gasteiger partial charge in [0.1, 0.15) is 6.10 Å². The molecule has 22 heavy (non-hydrogen) atoms. The van der Waals surface area contributed by atoms with Gasteiger partial charge < -0.3 is 10.1 Å². The van der Waals surface area contributed by atoms with Gasteiger partial charge in [0.2, 0.25) is 5.91 Å². The third-order valence-corrected chi connectivity index (χ3v) is 4.11. The van der Waals surface area contributed by atoms with Crippen LogP contribution in [0.3, 0.4) is 0 Å². The van der Waals surface area contributed by atoms with E-state index < -0.39 is 6.09 Å². The molecule has 0 bridgehead atoms. The molecule has 0 aromatic heterocycles. The molecule has 1 aliphatic rings. The number of nitrogens with one attached hydrogen (secondary N) is 1. The average molecular weight is 322 g/mol. The number of anilines is 1. The van der Waals surface area contributed by atoms with Crippen LogP contribution in [0.2, 0.25) is 0 Å². The van der Waals surface area contributed by atoms with Gasteiger partial charge in [0, 0.05) is 23.1 Å². The molecule has 1 fully saturated rings. The summed E-state index contributed by atoms with van der Waals surface area (Å²) in [7, 11) is 0. The molecule has 0 saturated carbocycles. The Bertz CT molecular complexity index is 618. The zero-order valence-corrected chi connectivity index (χ0v) is 13.5. The van der Waals surface area contributed by atoms with Crippen LogP contribution in [0.1, 0.15) is 24.2 Å². The van der Waals surface area contributed by atoms with E-state index in [-0.39, 0.29) is 17.8 Å². The Kier molecular flexibility index (Phi) is 5.07. The number of amides is 2. The number of ketones is 1. The zero-order chi connectivity index (χ0) is 16.3. The maximum atomic E-state index is 12.0. The van der Waals surface area contributed by atoms with E-state index in [4.69, 9.17) is 4.74 Å². The van der Waals surface area contributed by atoms with Gasteiger partial charge >= 0.3 is 6.09 Å². The highest BCUT2D eigenvalue weighted by molar-refractivity contribution is 7.98. The fourth-order valence-electron chi connectivity index (χ4n) is 2.23. The minimum Gasteiger partial charge on any atom is -0.442 e. The molecule has 1 unspecified atom stereocenters. The van der Waals surface area contributed by atoms with Crippen LogP contribution < -0.4 is 10.2 Å². The van der Waals surface area contributed by atoms with E-state index >= 15 is 0 Å². The lowest BCUT2D eigenvalue weighted by Crippen LogP contribution is -2.33. The molecule has 1 N–H and O–H groups in total. The second-order valence-corrected chi connectivity index (χ2v) is 5.84. The molecule has 118 valence electrons. The van der Waals surface area contributed by atoms with Gasteiger partial charge in [-0.3, -0.25) is 14.5 Å². The largest absolute Gasteiger partial charge is 0.442 e. The van der Waals surface area contributed by atoms with Crippen molar-refractivity contribution in [2.24, 2.45) is 0 Å². The molecular weight excluding hydrogens is 304 g/mol. The minimum atomic E-state index is -0.446. The van der Waals surface area contributed by atoms with E-state index in [9.17, 15) is 14.4 Å². The molecule has 1 aromatic carbocycles. The summed E-state index contributed by atoms with van der Waals surface area (Å²) in [5.74, 6) is -0.173. The van der Waals surface area contributed by atoms with Crippen molar-refractivity contribution in [2.75, 3.05) is 24.2 Å². The number of nitrogens with zero attached hydrogens (tertiary/aromatic N) is 1. The summed E-state index contributed by atoms with van der Waals surface area (Å²) in [4.78, 5) is 36.8. The van der Waals surface area contributed by atoms with Crippen molar-refractivity contribution >= 4 is 35.2 Å². The summed E-state index contributed by atoms with van der Waals surface area (Å²) >= 11 is 1.46. The monoisotopic (exact) mass is 322 g/mol. The van der Waals surface area contributed by atoms with E-state index in [1.165, 1.54) is 30.5 Å². The number of hydrogen-bond donors (Lipinski definition) is 1. The molecular formula is C15H18N2O4S. The Morgan fingerprint density at radius 3 is 2.73 bits per heavy atom. The number of ether oxygens (including phenoxy) is 1. The predicted molar refractivity (Wildman–Crippen MR) is 84.5 cm³/mol. The summed E-state index contributed by atoms with van der Waals surface area (Å²) in [5.41, 5.74) is 1.32. The van der Waals surface area contributed by atoms with Gasteiger partial charge in [-0.15, -0.1) is 11.8 Å². The molecule has 1 aromatic rings. The van der Waals surface area contributed by atoms with Crippen LogP contribution in [0.5, 0.6) is 0 Å². The first-order valence-electron chi connectivity index (χ1n) is 6.84. The lowest BCUT2D eigenvalue weighted by molar-refractivity contribution is -0.119. The molecule has 6 nitrogen and oxygen atoms in total. The number of hydrogen-bond acceptors (Lipinski definition) is 5. The van der Waals surface area contributed by atoms with Gasteiger partial charge in [-0.1, -0.05) is 0 Å². The molecule has 7 heteroatoms. The van der Waals surface area contributed by atoms with Gasteiger partial charge in [0.25, 0.3) is 0 Å². The second-order valence-electron chi connectivity index (χ2n) is 4.99. The van der Waals surface area contributed by atoms with E-state index in [2.05, 4.69) is 5.32 Å². The first-order chi connectivity index (χ1) is 10.4. The van der Waals surface area contributed by atoms with Crippen molar-refractivity contribution in [3.8, 4) is 0 Å². The Labute approximate surface area is 133 Å².